The summed E-state index contributed by atoms with van der Waals surface area (Å²) in [5, 5.41) is 12.5. The van der Waals surface area contributed by atoms with Crippen LogP contribution in [0.25, 0.3) is 16.7 Å². The smallest absolute Gasteiger partial charge is 0.300 e. The number of rotatable bonds is 3. The molecule has 0 saturated carbocycles. The number of aliphatic hydroxyl groups excluding tert-OH is 1. The highest BCUT2D eigenvalue weighted by atomic mass is 35.5. The molecule has 0 radical (unpaired) electrons. The molecule has 1 fully saturated rings. The van der Waals surface area contributed by atoms with Crippen molar-refractivity contribution in [3.8, 4) is 0 Å². The Labute approximate surface area is 200 Å². The lowest BCUT2D eigenvalue weighted by molar-refractivity contribution is -0.132. The van der Waals surface area contributed by atoms with Gasteiger partial charge >= 0.3 is 0 Å². The number of anilines is 1. The molecular formula is C27H20ClFN2O3. The fraction of sp³-hybridized carbons (Fsp3) is 0.111. The van der Waals surface area contributed by atoms with E-state index in [-0.39, 0.29) is 16.9 Å². The third-order valence-corrected chi connectivity index (χ3v) is 6.63. The third kappa shape index (κ3) is 3.38. The minimum absolute atomic E-state index is 0.0718. The van der Waals surface area contributed by atoms with Crippen LogP contribution in [0.3, 0.4) is 0 Å². The Bertz CT molecular complexity index is 1520. The Balaban J connectivity index is 1.79. The van der Waals surface area contributed by atoms with Crippen molar-refractivity contribution in [2.24, 2.45) is 0 Å². The molecule has 2 N–H and O–H groups in total. The zero-order chi connectivity index (χ0) is 24.1. The van der Waals surface area contributed by atoms with E-state index in [0.29, 0.717) is 21.8 Å². The van der Waals surface area contributed by atoms with Crippen LogP contribution in [0.1, 0.15) is 28.3 Å². The number of nitrogens with zero attached hydrogens (tertiary/aromatic N) is 1. The molecule has 0 spiro atoms. The lowest BCUT2D eigenvalue weighted by Crippen LogP contribution is -2.29. The van der Waals surface area contributed by atoms with Crippen LogP contribution in [0.15, 0.2) is 72.4 Å². The van der Waals surface area contributed by atoms with E-state index in [1.807, 2.05) is 31.2 Å². The second kappa shape index (κ2) is 8.15. The van der Waals surface area contributed by atoms with Gasteiger partial charge in [0.2, 0.25) is 0 Å². The Hall–Kier alpha value is -3.90. The van der Waals surface area contributed by atoms with Crippen LogP contribution in [-0.4, -0.2) is 21.8 Å². The van der Waals surface area contributed by atoms with Gasteiger partial charge in [-0.15, -0.1) is 0 Å². The SMILES string of the molecule is Cc1cc(/C(O)=C2\C(=O)C(=O)N(c3ccc(C)c(Cl)c3)C2c2c[nH]c3ccccc23)ccc1F. The molecule has 1 saturated heterocycles. The number of halogens is 2. The molecule has 1 amide bonds. The molecule has 1 aliphatic rings. The van der Waals surface area contributed by atoms with E-state index in [2.05, 4.69) is 4.98 Å². The predicted octanol–water partition coefficient (Wildman–Crippen LogP) is 6.20. The van der Waals surface area contributed by atoms with Gasteiger partial charge in [-0.2, -0.15) is 0 Å². The second-order valence-electron chi connectivity index (χ2n) is 8.36. The lowest BCUT2D eigenvalue weighted by Gasteiger charge is -2.25. The summed E-state index contributed by atoms with van der Waals surface area (Å²) in [6, 6.07) is 15.8. The number of para-hydroxylation sites is 1. The summed E-state index contributed by atoms with van der Waals surface area (Å²) in [7, 11) is 0. The first-order valence-electron chi connectivity index (χ1n) is 10.7. The maximum Gasteiger partial charge on any atom is 0.300 e. The van der Waals surface area contributed by atoms with Gasteiger partial charge in [0.1, 0.15) is 11.6 Å². The molecule has 5 nitrogen and oxygen atoms in total. The van der Waals surface area contributed by atoms with Crippen molar-refractivity contribution in [1.29, 1.82) is 0 Å². The standard InChI is InChI=1S/C27H20ClFN2O3/c1-14-7-9-17(12-20(14)28)31-24(19-13-30-22-6-4-3-5-18(19)22)23(26(33)27(31)34)25(32)16-8-10-21(29)15(2)11-16/h3-13,24,30,32H,1-2H3/b25-23+. The first kappa shape index (κ1) is 21.9. The number of benzene rings is 3. The van der Waals surface area contributed by atoms with E-state index >= 15 is 0 Å². The maximum absolute atomic E-state index is 13.9. The van der Waals surface area contributed by atoms with Crippen molar-refractivity contribution in [1.82, 2.24) is 4.98 Å². The maximum atomic E-state index is 13.9. The number of amides is 1. The molecule has 0 bridgehead atoms. The molecule has 1 aliphatic heterocycles. The number of nitrogens with one attached hydrogen (secondary N) is 1. The Morgan fingerprint density at radius 1 is 1.03 bits per heavy atom. The van der Waals surface area contributed by atoms with Crippen molar-refractivity contribution in [2.75, 3.05) is 4.90 Å². The van der Waals surface area contributed by atoms with Gasteiger partial charge in [0.25, 0.3) is 11.7 Å². The zero-order valence-corrected chi connectivity index (χ0v) is 19.2. The van der Waals surface area contributed by atoms with Gasteiger partial charge in [0.05, 0.1) is 11.6 Å². The molecule has 170 valence electrons. The summed E-state index contributed by atoms with van der Waals surface area (Å²) in [6.45, 7) is 3.41. The number of H-pyrrole nitrogens is 1. The van der Waals surface area contributed by atoms with Crippen LogP contribution in [0, 0.1) is 19.7 Å². The number of Topliss-reactive ketones (excluding diaryl/α,β-unsaturated/α-hetero) is 1. The molecule has 1 unspecified atom stereocenters. The number of aliphatic hydroxyl groups is 1. The molecule has 1 aromatic heterocycles. The highest BCUT2D eigenvalue weighted by Crippen LogP contribution is 2.44. The van der Waals surface area contributed by atoms with E-state index in [9.17, 15) is 19.1 Å². The highest BCUT2D eigenvalue weighted by molar-refractivity contribution is 6.52. The van der Waals surface area contributed by atoms with Crippen LogP contribution >= 0.6 is 11.6 Å². The number of aryl methyl sites for hydroxylation is 2. The normalized spacial score (nSPS) is 17.6. The van der Waals surface area contributed by atoms with Crippen molar-refractivity contribution >= 4 is 45.6 Å². The summed E-state index contributed by atoms with van der Waals surface area (Å²) in [5.41, 5.74) is 3.22. The molecule has 7 heteroatoms. The Morgan fingerprint density at radius 2 is 1.79 bits per heavy atom. The van der Waals surface area contributed by atoms with E-state index < -0.39 is 23.5 Å². The molecule has 4 aromatic rings. The van der Waals surface area contributed by atoms with E-state index in [1.165, 1.54) is 23.1 Å². The van der Waals surface area contributed by atoms with Gasteiger partial charge in [-0.3, -0.25) is 14.5 Å². The minimum Gasteiger partial charge on any atom is -0.507 e. The van der Waals surface area contributed by atoms with Gasteiger partial charge in [0.15, 0.2) is 0 Å². The minimum atomic E-state index is -0.916. The lowest BCUT2D eigenvalue weighted by atomic mass is 9.94. The molecule has 0 aliphatic carbocycles. The molecule has 3 aromatic carbocycles. The highest BCUT2D eigenvalue weighted by Gasteiger charge is 2.47. The number of hydrogen-bond acceptors (Lipinski definition) is 3. The van der Waals surface area contributed by atoms with E-state index in [4.69, 9.17) is 11.6 Å². The van der Waals surface area contributed by atoms with Gasteiger partial charge in [-0.1, -0.05) is 35.9 Å². The zero-order valence-electron chi connectivity index (χ0n) is 18.4. The van der Waals surface area contributed by atoms with Crippen LogP contribution in [-0.2, 0) is 9.59 Å². The van der Waals surface area contributed by atoms with E-state index in [0.717, 1.165) is 16.5 Å². The van der Waals surface area contributed by atoms with Crippen molar-refractivity contribution in [2.45, 2.75) is 19.9 Å². The Kier molecular flexibility index (Phi) is 5.25. The molecule has 1 atom stereocenters. The first-order chi connectivity index (χ1) is 16.3. The summed E-state index contributed by atoms with van der Waals surface area (Å²) in [5.74, 6) is -2.40. The van der Waals surface area contributed by atoms with Gasteiger partial charge in [-0.05, 0) is 61.4 Å². The number of carbonyl (C=O) groups excluding carboxylic acids is 2. The predicted molar refractivity (Wildman–Crippen MR) is 130 cm³/mol. The number of aromatic nitrogens is 1. The first-order valence-corrected chi connectivity index (χ1v) is 11.1. The van der Waals surface area contributed by atoms with Gasteiger partial charge in [-0.25, -0.2) is 4.39 Å². The van der Waals surface area contributed by atoms with Crippen molar-refractivity contribution < 1.29 is 19.1 Å². The second-order valence-corrected chi connectivity index (χ2v) is 8.76. The monoisotopic (exact) mass is 474 g/mol. The van der Waals surface area contributed by atoms with Crippen LogP contribution in [0.2, 0.25) is 5.02 Å². The number of hydrogen-bond donors (Lipinski definition) is 2. The van der Waals surface area contributed by atoms with Gasteiger partial charge in [0, 0.05) is 38.9 Å². The summed E-state index contributed by atoms with van der Waals surface area (Å²) >= 11 is 6.35. The van der Waals surface area contributed by atoms with Gasteiger partial charge < -0.3 is 10.1 Å². The summed E-state index contributed by atoms with van der Waals surface area (Å²) < 4.78 is 13.9. The topological polar surface area (TPSA) is 73.4 Å². The molecule has 5 rings (SSSR count). The van der Waals surface area contributed by atoms with Crippen LogP contribution < -0.4 is 4.90 Å². The summed E-state index contributed by atoms with van der Waals surface area (Å²) in [6.07, 6.45) is 1.73. The van der Waals surface area contributed by atoms with Crippen LogP contribution in [0.5, 0.6) is 0 Å². The number of fused-ring (bicyclic) bond motifs is 1. The third-order valence-electron chi connectivity index (χ3n) is 6.23. The fourth-order valence-corrected chi connectivity index (χ4v) is 4.57. The largest absolute Gasteiger partial charge is 0.507 e. The average molecular weight is 475 g/mol. The summed E-state index contributed by atoms with van der Waals surface area (Å²) in [4.78, 5) is 31.2. The van der Waals surface area contributed by atoms with Crippen molar-refractivity contribution in [3.63, 3.8) is 0 Å². The molecule has 34 heavy (non-hydrogen) atoms. The number of carbonyl (C=O) groups is 2. The van der Waals surface area contributed by atoms with Crippen molar-refractivity contribution in [3.05, 3.63) is 106 Å². The molecule has 2 heterocycles. The average Bonchev–Trinajstić information content (AvgIpc) is 3.36. The Morgan fingerprint density at radius 3 is 2.53 bits per heavy atom. The quantitative estimate of drug-likeness (QED) is 0.211. The van der Waals surface area contributed by atoms with Crippen LogP contribution in [0.4, 0.5) is 10.1 Å². The van der Waals surface area contributed by atoms with E-state index in [1.54, 1.807) is 31.3 Å². The molecular weight excluding hydrogens is 455 g/mol. The number of aromatic amines is 1. The number of ketones is 1. The fourth-order valence-electron chi connectivity index (χ4n) is 4.39.